The molecule has 4 aromatic heterocycles. The van der Waals surface area contributed by atoms with Gasteiger partial charge in [-0.2, -0.15) is 0 Å². The number of imidazole rings is 1. The quantitative estimate of drug-likeness (QED) is 0.315. The lowest BCUT2D eigenvalue weighted by Gasteiger charge is -2.12. The zero-order valence-corrected chi connectivity index (χ0v) is 16.6. The molecule has 4 heteroatoms. The highest BCUT2D eigenvalue weighted by Gasteiger charge is 2.31. The molecule has 0 aliphatic heterocycles. The smallest absolute Gasteiger partial charge is 0.147 e. The Morgan fingerprint density at radius 3 is 2.65 bits per heavy atom. The van der Waals surface area contributed by atoms with Crippen molar-refractivity contribution in [1.82, 2.24) is 19.4 Å². The number of fused-ring (bicyclic) bond motifs is 14. The molecule has 6 aromatic rings. The Morgan fingerprint density at radius 2 is 1.65 bits per heavy atom. The van der Waals surface area contributed by atoms with Crippen molar-refractivity contribution in [2.45, 2.75) is 12.8 Å². The molecule has 8 rings (SSSR count). The van der Waals surface area contributed by atoms with Crippen LogP contribution in [0.5, 0.6) is 0 Å². The van der Waals surface area contributed by atoms with Gasteiger partial charge in [0, 0.05) is 35.2 Å². The van der Waals surface area contributed by atoms with Gasteiger partial charge in [0.05, 0.1) is 28.6 Å². The molecule has 0 saturated carbocycles. The Kier molecular flexibility index (Phi) is 2.72. The van der Waals surface area contributed by atoms with Crippen LogP contribution in [0.3, 0.4) is 0 Å². The number of nitrogens with zero attached hydrogens (tertiary/aromatic N) is 4. The maximum Gasteiger partial charge on any atom is 0.147 e. The molecule has 4 nitrogen and oxygen atoms in total. The normalized spacial score (nSPS) is 13.5. The van der Waals surface area contributed by atoms with Crippen molar-refractivity contribution < 1.29 is 0 Å². The minimum atomic E-state index is 0.882. The first-order valence-electron chi connectivity index (χ1n) is 10.6. The Labute approximate surface area is 177 Å². The van der Waals surface area contributed by atoms with Crippen LogP contribution >= 0.6 is 0 Å². The monoisotopic (exact) mass is 396 g/mol. The zero-order chi connectivity index (χ0) is 20.1. The van der Waals surface area contributed by atoms with Crippen LogP contribution in [-0.4, -0.2) is 19.4 Å². The predicted molar refractivity (Wildman–Crippen MR) is 122 cm³/mol. The second-order valence-electron chi connectivity index (χ2n) is 8.49. The van der Waals surface area contributed by atoms with Crippen LogP contribution in [0.25, 0.3) is 49.8 Å². The van der Waals surface area contributed by atoms with Crippen LogP contribution in [0, 0.1) is 0 Å². The van der Waals surface area contributed by atoms with E-state index in [1.807, 2.05) is 24.7 Å². The molecule has 0 radical (unpaired) electrons. The van der Waals surface area contributed by atoms with Gasteiger partial charge in [-0.05, 0) is 52.4 Å². The first-order chi connectivity index (χ1) is 15.4. The van der Waals surface area contributed by atoms with Crippen LogP contribution in [0.2, 0.25) is 0 Å². The van der Waals surface area contributed by atoms with Gasteiger partial charge >= 0.3 is 0 Å². The Hall–Kier alpha value is -4.05. The highest BCUT2D eigenvalue weighted by Crippen LogP contribution is 2.47. The van der Waals surface area contributed by atoms with E-state index in [9.17, 15) is 0 Å². The topological polar surface area (TPSA) is 43.1 Å². The summed E-state index contributed by atoms with van der Waals surface area (Å²) in [6, 6.07) is 19.6. The standard InChI is InChI=1S/C27H16N4/c1-2-5-16-15(4-1)12-21-17(16)7-8-18-22(21)13-23-26(18)31-24-14-28-11-9-19(24)25-20(27(31)30-23)6-3-10-29-25/h1-11,14H,12-13H2. The van der Waals surface area contributed by atoms with Crippen LogP contribution in [-0.2, 0) is 12.8 Å². The minimum Gasteiger partial charge on any atom is -0.290 e. The molecule has 0 unspecified atom stereocenters. The Morgan fingerprint density at radius 1 is 0.742 bits per heavy atom. The van der Waals surface area contributed by atoms with Crippen LogP contribution in [0.1, 0.15) is 22.4 Å². The molecule has 2 aliphatic rings. The largest absolute Gasteiger partial charge is 0.290 e. The average molecular weight is 396 g/mol. The summed E-state index contributed by atoms with van der Waals surface area (Å²) in [4.78, 5) is 14.3. The second kappa shape index (κ2) is 5.35. The third-order valence-corrected chi connectivity index (χ3v) is 7.00. The van der Waals surface area contributed by atoms with Gasteiger partial charge in [-0.3, -0.25) is 14.4 Å². The van der Waals surface area contributed by atoms with E-state index in [0.717, 1.165) is 46.0 Å². The van der Waals surface area contributed by atoms with Crippen molar-refractivity contribution in [3.63, 3.8) is 0 Å². The maximum absolute atomic E-state index is 5.16. The third kappa shape index (κ3) is 1.84. The van der Waals surface area contributed by atoms with Gasteiger partial charge in [-0.15, -0.1) is 0 Å². The summed E-state index contributed by atoms with van der Waals surface area (Å²) in [6.07, 6.45) is 7.53. The number of hydrogen-bond donors (Lipinski definition) is 0. The molecular weight excluding hydrogens is 380 g/mol. The first-order valence-corrected chi connectivity index (χ1v) is 10.6. The fraction of sp³-hybridized carbons (Fsp3) is 0.0741. The molecule has 2 aromatic carbocycles. The molecule has 0 spiro atoms. The van der Waals surface area contributed by atoms with E-state index in [-0.39, 0.29) is 0 Å². The molecule has 0 fully saturated rings. The Balaban J connectivity index is 1.49. The summed E-state index contributed by atoms with van der Waals surface area (Å²) in [6.45, 7) is 0. The van der Waals surface area contributed by atoms with E-state index in [2.05, 4.69) is 62.9 Å². The SMILES string of the molecule is c1ccc2c(c1)Cc1c-2ccc2c1Cc1nc3c4cccnc4c4ccncc4n3c1-2. The van der Waals surface area contributed by atoms with Gasteiger partial charge in [-0.25, -0.2) is 4.98 Å². The first kappa shape index (κ1) is 15.7. The number of benzene rings is 2. The molecule has 0 amide bonds. The number of rotatable bonds is 0. The van der Waals surface area contributed by atoms with Gasteiger partial charge in [-0.1, -0.05) is 36.4 Å². The van der Waals surface area contributed by atoms with E-state index in [4.69, 9.17) is 4.98 Å². The average Bonchev–Trinajstić information content (AvgIpc) is 3.48. The lowest BCUT2D eigenvalue weighted by Crippen LogP contribution is -1.97. The fourth-order valence-electron chi connectivity index (χ4n) is 5.71. The molecule has 0 N–H and O–H groups in total. The van der Waals surface area contributed by atoms with E-state index >= 15 is 0 Å². The molecular formula is C27H16N4. The minimum absolute atomic E-state index is 0.882. The van der Waals surface area contributed by atoms with Gasteiger partial charge in [0.25, 0.3) is 0 Å². The summed E-state index contributed by atoms with van der Waals surface area (Å²) in [5, 5.41) is 2.20. The van der Waals surface area contributed by atoms with Gasteiger partial charge < -0.3 is 0 Å². The molecule has 0 bridgehead atoms. The molecule has 4 heterocycles. The predicted octanol–water partition coefficient (Wildman–Crippen LogP) is 5.57. The lowest BCUT2D eigenvalue weighted by molar-refractivity contribution is 1.12. The van der Waals surface area contributed by atoms with Crippen molar-refractivity contribution in [2.24, 2.45) is 0 Å². The number of aromatic nitrogens is 4. The summed E-state index contributed by atoms with van der Waals surface area (Å²) in [7, 11) is 0. The van der Waals surface area contributed by atoms with Crippen LogP contribution < -0.4 is 0 Å². The van der Waals surface area contributed by atoms with Crippen molar-refractivity contribution in [3.05, 3.63) is 95.6 Å². The van der Waals surface area contributed by atoms with Gasteiger partial charge in [0.2, 0.25) is 0 Å². The fourth-order valence-corrected chi connectivity index (χ4v) is 5.71. The van der Waals surface area contributed by atoms with Crippen LogP contribution in [0.15, 0.2) is 73.2 Å². The van der Waals surface area contributed by atoms with E-state index in [1.165, 1.54) is 39.1 Å². The molecule has 2 aliphatic carbocycles. The third-order valence-electron chi connectivity index (χ3n) is 7.00. The van der Waals surface area contributed by atoms with Crippen molar-refractivity contribution in [2.75, 3.05) is 0 Å². The van der Waals surface area contributed by atoms with Crippen LogP contribution in [0.4, 0.5) is 0 Å². The molecule has 0 saturated heterocycles. The lowest BCUT2D eigenvalue weighted by atomic mass is 9.97. The summed E-state index contributed by atoms with van der Waals surface area (Å²) in [5.74, 6) is 0. The second-order valence-corrected chi connectivity index (χ2v) is 8.49. The van der Waals surface area contributed by atoms with E-state index in [0.29, 0.717) is 0 Å². The van der Waals surface area contributed by atoms with Crippen molar-refractivity contribution in [1.29, 1.82) is 0 Å². The molecule has 144 valence electrons. The number of pyridine rings is 3. The van der Waals surface area contributed by atoms with Gasteiger partial charge in [0.15, 0.2) is 0 Å². The molecule has 31 heavy (non-hydrogen) atoms. The highest BCUT2D eigenvalue weighted by molar-refractivity contribution is 6.10. The van der Waals surface area contributed by atoms with Crippen molar-refractivity contribution >= 4 is 27.5 Å². The van der Waals surface area contributed by atoms with Gasteiger partial charge in [0.1, 0.15) is 5.65 Å². The number of hydrogen-bond acceptors (Lipinski definition) is 3. The highest BCUT2D eigenvalue weighted by atomic mass is 15.0. The van der Waals surface area contributed by atoms with Crippen molar-refractivity contribution in [3.8, 4) is 22.4 Å². The maximum atomic E-state index is 5.16. The summed E-state index contributed by atoms with van der Waals surface area (Å²) >= 11 is 0. The Bertz CT molecular complexity index is 1740. The summed E-state index contributed by atoms with van der Waals surface area (Å²) in [5.41, 5.74) is 13.8. The van der Waals surface area contributed by atoms with E-state index in [1.54, 1.807) is 0 Å². The zero-order valence-electron chi connectivity index (χ0n) is 16.6. The molecule has 0 atom stereocenters. The summed E-state index contributed by atoms with van der Waals surface area (Å²) < 4.78 is 2.31. The van der Waals surface area contributed by atoms with E-state index < -0.39 is 0 Å².